The second kappa shape index (κ2) is 7.52. The van der Waals surface area contributed by atoms with Crippen LogP contribution in [0.25, 0.3) is 0 Å². The van der Waals surface area contributed by atoms with Crippen molar-refractivity contribution in [3.8, 4) is 0 Å². The lowest BCUT2D eigenvalue weighted by Gasteiger charge is -2.43. The Bertz CT molecular complexity index is 581. The van der Waals surface area contributed by atoms with E-state index in [1.807, 2.05) is 29.2 Å². The maximum atomic E-state index is 13.3. The standard InChI is InChI=1S/C18H26BrN3O2/c1-21-9-5-18(24,6-10-21)16(14-3-2-4-15(19)13-14)17(23)22-11-7-20-8-12-22/h2-4,13,16,20,24H,5-12H2,1H3. The number of halogens is 1. The fraction of sp³-hybridized carbons (Fsp3) is 0.611. The Labute approximate surface area is 152 Å². The maximum Gasteiger partial charge on any atom is 0.233 e. The van der Waals surface area contributed by atoms with Crippen LogP contribution in [0.15, 0.2) is 28.7 Å². The van der Waals surface area contributed by atoms with Gasteiger partial charge in [-0.05, 0) is 37.6 Å². The van der Waals surface area contributed by atoms with Gasteiger partial charge in [-0.1, -0.05) is 28.1 Å². The molecule has 2 saturated heterocycles. The number of piperidine rings is 1. The summed E-state index contributed by atoms with van der Waals surface area (Å²) in [7, 11) is 2.06. The van der Waals surface area contributed by atoms with Gasteiger partial charge in [-0.25, -0.2) is 0 Å². The zero-order valence-corrected chi connectivity index (χ0v) is 15.8. The highest BCUT2D eigenvalue weighted by Crippen LogP contribution is 2.38. The number of amides is 1. The number of carbonyl (C=O) groups is 1. The average Bonchev–Trinajstić information content (AvgIpc) is 2.59. The van der Waals surface area contributed by atoms with Gasteiger partial charge < -0.3 is 20.2 Å². The molecule has 2 N–H and O–H groups in total. The lowest BCUT2D eigenvalue weighted by molar-refractivity contribution is -0.143. The average molecular weight is 396 g/mol. The van der Waals surface area contributed by atoms with E-state index in [-0.39, 0.29) is 5.91 Å². The first-order chi connectivity index (χ1) is 11.5. The van der Waals surface area contributed by atoms with Gasteiger partial charge in [0.2, 0.25) is 5.91 Å². The summed E-state index contributed by atoms with van der Waals surface area (Å²) in [5.74, 6) is -0.441. The van der Waals surface area contributed by atoms with Crippen molar-refractivity contribution < 1.29 is 9.90 Å². The van der Waals surface area contributed by atoms with Crippen molar-refractivity contribution in [2.24, 2.45) is 0 Å². The maximum absolute atomic E-state index is 13.3. The molecule has 0 spiro atoms. The summed E-state index contributed by atoms with van der Waals surface area (Å²) in [6, 6.07) is 7.83. The van der Waals surface area contributed by atoms with Gasteiger partial charge in [0.25, 0.3) is 0 Å². The topological polar surface area (TPSA) is 55.8 Å². The summed E-state index contributed by atoms with van der Waals surface area (Å²) in [5.41, 5.74) is -0.0742. The fourth-order valence-corrected chi connectivity index (χ4v) is 4.15. The van der Waals surface area contributed by atoms with Gasteiger partial charge in [-0.2, -0.15) is 0 Å². The van der Waals surface area contributed by atoms with Crippen LogP contribution >= 0.6 is 15.9 Å². The number of aliphatic hydroxyl groups is 1. The lowest BCUT2D eigenvalue weighted by atomic mass is 9.75. The molecule has 24 heavy (non-hydrogen) atoms. The van der Waals surface area contributed by atoms with Crippen LogP contribution in [0, 0.1) is 0 Å². The van der Waals surface area contributed by atoms with Crippen LogP contribution in [-0.2, 0) is 4.79 Å². The van der Waals surface area contributed by atoms with E-state index in [9.17, 15) is 9.90 Å². The monoisotopic (exact) mass is 395 g/mol. The second-order valence-electron chi connectivity index (χ2n) is 6.97. The summed E-state index contributed by atoms with van der Waals surface area (Å²) >= 11 is 3.50. The lowest BCUT2D eigenvalue weighted by Crippen LogP contribution is -2.55. The quantitative estimate of drug-likeness (QED) is 0.812. The van der Waals surface area contributed by atoms with Crippen molar-refractivity contribution in [3.05, 3.63) is 34.3 Å². The van der Waals surface area contributed by atoms with Crippen molar-refractivity contribution in [1.82, 2.24) is 15.1 Å². The Morgan fingerprint density at radius 2 is 1.92 bits per heavy atom. The summed E-state index contributed by atoms with van der Waals surface area (Å²) in [5, 5.41) is 14.7. The minimum Gasteiger partial charge on any atom is -0.389 e. The minimum absolute atomic E-state index is 0.0571. The zero-order valence-electron chi connectivity index (χ0n) is 14.2. The molecule has 0 radical (unpaired) electrons. The van der Waals surface area contributed by atoms with E-state index < -0.39 is 11.5 Å². The SMILES string of the molecule is CN1CCC(O)(C(C(=O)N2CCNCC2)c2cccc(Br)c2)CC1. The molecule has 1 unspecified atom stereocenters. The first kappa shape index (κ1) is 17.9. The van der Waals surface area contributed by atoms with Gasteiger partial charge in [0, 0.05) is 43.7 Å². The Hall–Kier alpha value is -0.950. The third-order valence-electron chi connectivity index (χ3n) is 5.25. The fourth-order valence-electron chi connectivity index (χ4n) is 3.73. The Kier molecular flexibility index (Phi) is 5.59. The van der Waals surface area contributed by atoms with E-state index in [4.69, 9.17) is 0 Å². The molecule has 6 heteroatoms. The third kappa shape index (κ3) is 3.82. The molecule has 5 nitrogen and oxygen atoms in total. The molecule has 1 atom stereocenters. The molecular formula is C18H26BrN3O2. The van der Waals surface area contributed by atoms with Gasteiger partial charge in [-0.15, -0.1) is 0 Å². The van der Waals surface area contributed by atoms with E-state index >= 15 is 0 Å². The van der Waals surface area contributed by atoms with Gasteiger partial charge >= 0.3 is 0 Å². The Morgan fingerprint density at radius 3 is 2.54 bits per heavy atom. The highest BCUT2D eigenvalue weighted by atomic mass is 79.9. The van der Waals surface area contributed by atoms with Crippen molar-refractivity contribution >= 4 is 21.8 Å². The molecule has 2 aliphatic heterocycles. The van der Waals surface area contributed by atoms with E-state index in [0.717, 1.165) is 36.2 Å². The first-order valence-corrected chi connectivity index (χ1v) is 9.45. The van der Waals surface area contributed by atoms with Gasteiger partial charge in [0.15, 0.2) is 0 Å². The zero-order chi connectivity index (χ0) is 17.2. The van der Waals surface area contributed by atoms with Crippen LogP contribution in [0.2, 0.25) is 0 Å². The van der Waals surface area contributed by atoms with Gasteiger partial charge in [0.05, 0.1) is 11.5 Å². The predicted molar refractivity (Wildman–Crippen MR) is 98.0 cm³/mol. The van der Waals surface area contributed by atoms with Crippen LogP contribution in [0.5, 0.6) is 0 Å². The largest absolute Gasteiger partial charge is 0.389 e. The number of benzene rings is 1. The highest BCUT2D eigenvalue weighted by molar-refractivity contribution is 9.10. The molecular weight excluding hydrogens is 370 g/mol. The van der Waals surface area contributed by atoms with Crippen molar-refractivity contribution in [3.63, 3.8) is 0 Å². The summed E-state index contributed by atoms with van der Waals surface area (Å²) in [6.45, 7) is 4.68. The van der Waals surface area contributed by atoms with Crippen molar-refractivity contribution in [2.45, 2.75) is 24.4 Å². The van der Waals surface area contributed by atoms with E-state index in [1.54, 1.807) is 0 Å². The molecule has 2 fully saturated rings. The molecule has 2 heterocycles. The molecule has 3 rings (SSSR count). The number of carbonyl (C=O) groups excluding carboxylic acids is 1. The highest BCUT2D eigenvalue weighted by Gasteiger charge is 2.45. The van der Waals surface area contributed by atoms with Crippen LogP contribution in [0.4, 0.5) is 0 Å². The molecule has 0 saturated carbocycles. The molecule has 0 bridgehead atoms. The first-order valence-electron chi connectivity index (χ1n) is 8.65. The summed E-state index contributed by atoms with van der Waals surface area (Å²) in [4.78, 5) is 17.4. The van der Waals surface area contributed by atoms with Crippen LogP contribution in [0.1, 0.15) is 24.3 Å². The Balaban J connectivity index is 1.92. The number of likely N-dealkylation sites (tertiary alicyclic amines) is 1. The third-order valence-corrected chi connectivity index (χ3v) is 5.74. The molecule has 0 aliphatic carbocycles. The number of nitrogens with one attached hydrogen (secondary N) is 1. The number of hydrogen-bond donors (Lipinski definition) is 2. The van der Waals surface area contributed by atoms with Crippen LogP contribution in [0.3, 0.4) is 0 Å². The number of rotatable bonds is 3. The van der Waals surface area contributed by atoms with Crippen molar-refractivity contribution in [1.29, 1.82) is 0 Å². The van der Waals surface area contributed by atoms with Crippen LogP contribution in [-0.4, -0.2) is 72.7 Å². The molecule has 1 amide bonds. The minimum atomic E-state index is -0.977. The molecule has 1 aromatic rings. The molecule has 0 aromatic heterocycles. The Morgan fingerprint density at radius 1 is 1.25 bits per heavy atom. The second-order valence-corrected chi connectivity index (χ2v) is 7.89. The summed E-state index contributed by atoms with van der Waals surface area (Å²) in [6.07, 6.45) is 1.25. The number of piperazine rings is 1. The number of nitrogens with zero attached hydrogens (tertiary/aromatic N) is 2. The van der Waals surface area contributed by atoms with Crippen LogP contribution < -0.4 is 5.32 Å². The molecule has 132 valence electrons. The van der Waals surface area contributed by atoms with Gasteiger partial charge in [0.1, 0.15) is 0 Å². The number of hydrogen-bond acceptors (Lipinski definition) is 4. The van der Waals surface area contributed by atoms with Gasteiger partial charge in [-0.3, -0.25) is 4.79 Å². The molecule has 2 aliphatic rings. The normalized spacial score (nSPS) is 23.0. The van der Waals surface area contributed by atoms with Crippen molar-refractivity contribution in [2.75, 3.05) is 46.3 Å². The van der Waals surface area contributed by atoms with E-state index in [2.05, 4.69) is 33.2 Å². The smallest absolute Gasteiger partial charge is 0.233 e. The summed E-state index contributed by atoms with van der Waals surface area (Å²) < 4.78 is 0.939. The van der Waals surface area contributed by atoms with E-state index in [1.165, 1.54) is 0 Å². The molecule has 1 aromatic carbocycles. The van der Waals surface area contributed by atoms with E-state index in [0.29, 0.717) is 25.9 Å². The predicted octanol–water partition coefficient (Wildman–Crippen LogP) is 1.42.